The highest BCUT2D eigenvalue weighted by molar-refractivity contribution is 4.48. The number of hydrogen-bond donors (Lipinski definition) is 1. The maximum Gasteiger partial charge on any atom is 0.144 e. The van der Waals surface area contributed by atoms with Crippen LogP contribution in [0.2, 0.25) is 0 Å². The van der Waals surface area contributed by atoms with E-state index < -0.39 is 0 Å². The molecule has 0 aliphatic heterocycles. The van der Waals surface area contributed by atoms with Gasteiger partial charge in [-0.25, -0.2) is 0 Å². The molecule has 0 aromatic carbocycles. The molecule has 6 heteroatoms. The van der Waals surface area contributed by atoms with Crippen LogP contribution in [0.4, 0.5) is 0 Å². The van der Waals surface area contributed by atoms with Crippen molar-refractivity contribution in [1.29, 1.82) is 0 Å². The smallest absolute Gasteiger partial charge is 0.144 e. The number of aromatic nitrogens is 5. The van der Waals surface area contributed by atoms with Crippen LogP contribution in [-0.2, 0) is 0 Å². The predicted molar refractivity (Wildman–Crippen MR) is 30.7 cm³/mol. The van der Waals surface area contributed by atoms with Crippen molar-refractivity contribution >= 4 is 0 Å². The molecule has 6 nitrogen and oxygen atoms in total. The van der Waals surface area contributed by atoms with Crippen LogP contribution in [0.15, 0.2) is 29.6 Å². The summed E-state index contributed by atoms with van der Waals surface area (Å²) in [5.74, 6) is 0. The molecule has 10 heavy (non-hydrogen) atoms. The second-order valence-corrected chi connectivity index (χ2v) is 1.24. The van der Waals surface area contributed by atoms with E-state index in [1.54, 1.807) is 0 Å². The Bertz CT molecular complexity index is 153. The first-order chi connectivity index (χ1) is 5.00. The van der Waals surface area contributed by atoms with Crippen molar-refractivity contribution in [2.45, 2.75) is 0 Å². The number of nitrogens with zero attached hydrogens (tertiary/aromatic N) is 4. The molecule has 2 heterocycles. The zero-order valence-electron chi connectivity index (χ0n) is 5.01. The van der Waals surface area contributed by atoms with E-state index in [1.807, 2.05) is 0 Å². The summed E-state index contributed by atoms with van der Waals surface area (Å²) in [6, 6.07) is 0. The molecule has 2 aromatic rings. The highest BCUT2D eigenvalue weighted by Crippen LogP contribution is 1.64. The minimum atomic E-state index is 1.40. The number of rotatable bonds is 0. The average molecular weight is 139 g/mol. The fourth-order valence-corrected chi connectivity index (χ4v) is 0.303. The molecule has 2 aromatic heterocycles. The second-order valence-electron chi connectivity index (χ2n) is 1.24. The van der Waals surface area contributed by atoms with Crippen molar-refractivity contribution in [1.82, 2.24) is 25.6 Å². The monoisotopic (exact) mass is 139 g/mol. The number of H-pyrrole nitrogens is 1. The van der Waals surface area contributed by atoms with E-state index in [0.717, 1.165) is 0 Å². The van der Waals surface area contributed by atoms with Crippen molar-refractivity contribution < 1.29 is 4.52 Å². The number of aromatic amines is 1. The van der Waals surface area contributed by atoms with Crippen molar-refractivity contribution in [2.24, 2.45) is 0 Å². The van der Waals surface area contributed by atoms with Gasteiger partial charge in [0.15, 0.2) is 0 Å². The van der Waals surface area contributed by atoms with Gasteiger partial charge < -0.3 is 9.51 Å². The van der Waals surface area contributed by atoms with E-state index in [-0.39, 0.29) is 0 Å². The zero-order valence-corrected chi connectivity index (χ0v) is 5.01. The quantitative estimate of drug-likeness (QED) is 0.550. The van der Waals surface area contributed by atoms with Crippen LogP contribution in [0.3, 0.4) is 0 Å². The summed E-state index contributed by atoms with van der Waals surface area (Å²) in [7, 11) is 0. The molecule has 0 saturated heterocycles. The van der Waals surface area contributed by atoms with Gasteiger partial charge in [-0.05, 0) is 0 Å². The Kier molecular flexibility index (Phi) is 2.68. The first-order valence-electron chi connectivity index (χ1n) is 2.50. The molecular weight excluding hydrogens is 134 g/mol. The Balaban J connectivity index is 0.0000001000. The summed E-state index contributed by atoms with van der Waals surface area (Å²) in [6.07, 6.45) is 5.90. The summed E-state index contributed by atoms with van der Waals surface area (Å²) in [6.45, 7) is 0. The highest BCUT2D eigenvalue weighted by atomic mass is 16.5. The third-order valence-electron chi connectivity index (χ3n) is 0.614. The van der Waals surface area contributed by atoms with Crippen LogP contribution >= 0.6 is 0 Å². The maximum atomic E-state index is 4.22. The van der Waals surface area contributed by atoms with E-state index in [9.17, 15) is 0 Å². The number of hydrogen-bond acceptors (Lipinski definition) is 5. The molecule has 0 bridgehead atoms. The Morgan fingerprint density at radius 3 is 2.10 bits per heavy atom. The fourth-order valence-electron chi connectivity index (χ4n) is 0.303. The Hall–Kier alpha value is -1.72. The molecular formula is C4H5N5O. The van der Waals surface area contributed by atoms with Gasteiger partial charge >= 0.3 is 0 Å². The summed E-state index contributed by atoms with van der Waals surface area (Å²) in [4.78, 5) is 2.64. The van der Waals surface area contributed by atoms with Crippen LogP contribution in [0.1, 0.15) is 0 Å². The molecule has 0 unspecified atom stereocenters. The van der Waals surface area contributed by atoms with Crippen molar-refractivity contribution in [3.05, 3.63) is 25.1 Å². The minimum absolute atomic E-state index is 1.40. The largest absolute Gasteiger partial charge is 0.346 e. The molecule has 2 rings (SSSR count). The van der Waals surface area contributed by atoms with Gasteiger partial charge in [0.25, 0.3) is 0 Å². The lowest BCUT2D eigenvalue weighted by atomic mass is 11.0. The fraction of sp³-hybridized carbons (Fsp3) is 0. The summed E-state index contributed by atoms with van der Waals surface area (Å²) in [5.41, 5.74) is 0. The topological polar surface area (TPSA) is 80.5 Å². The van der Waals surface area contributed by atoms with Gasteiger partial charge in [-0.2, -0.15) is 0 Å². The molecule has 0 radical (unpaired) electrons. The summed E-state index contributed by atoms with van der Waals surface area (Å²) < 4.78 is 4.22. The van der Waals surface area contributed by atoms with Gasteiger partial charge in [0, 0.05) is 5.27 Å². The Labute approximate surface area is 56.3 Å². The lowest BCUT2D eigenvalue weighted by Gasteiger charge is -1.45. The Morgan fingerprint density at radius 2 is 1.90 bits per heavy atom. The van der Waals surface area contributed by atoms with Crippen LogP contribution in [0, 0.1) is 0 Å². The molecule has 0 atom stereocenters. The van der Waals surface area contributed by atoms with Crippen molar-refractivity contribution in [3.63, 3.8) is 0 Å². The van der Waals surface area contributed by atoms with Gasteiger partial charge in [0.05, 0.1) is 6.20 Å². The van der Waals surface area contributed by atoms with E-state index >= 15 is 0 Å². The van der Waals surface area contributed by atoms with Gasteiger partial charge in [0.1, 0.15) is 18.9 Å². The number of nitrogens with one attached hydrogen (secondary N) is 1. The third-order valence-corrected chi connectivity index (χ3v) is 0.614. The Morgan fingerprint density at radius 1 is 1.10 bits per heavy atom. The molecule has 0 fully saturated rings. The van der Waals surface area contributed by atoms with Crippen molar-refractivity contribution in [3.8, 4) is 0 Å². The average Bonchev–Trinajstić information content (AvgIpc) is 2.67. The van der Waals surface area contributed by atoms with Crippen LogP contribution in [0.25, 0.3) is 0 Å². The van der Waals surface area contributed by atoms with Gasteiger partial charge in [-0.1, -0.05) is 0 Å². The van der Waals surface area contributed by atoms with Crippen LogP contribution in [0.5, 0.6) is 0 Å². The standard InChI is InChI=1S/C2H3N3.C2H2N2O/c1-3-2-5-4-1;1-2-5-4-3-1/h1-2H,(H,3,4,5);1-2H. The minimum Gasteiger partial charge on any atom is -0.346 e. The molecule has 0 spiro atoms. The van der Waals surface area contributed by atoms with E-state index in [2.05, 4.69) is 30.1 Å². The second kappa shape index (κ2) is 4.19. The first-order valence-corrected chi connectivity index (χ1v) is 2.50. The van der Waals surface area contributed by atoms with Gasteiger partial charge in [0.2, 0.25) is 0 Å². The van der Waals surface area contributed by atoms with Crippen LogP contribution < -0.4 is 0 Å². The molecule has 1 N–H and O–H groups in total. The lowest BCUT2D eigenvalue weighted by Crippen LogP contribution is -1.53. The zero-order chi connectivity index (χ0) is 7.07. The maximum absolute atomic E-state index is 4.22. The molecule has 0 amide bonds. The summed E-state index contributed by atoms with van der Waals surface area (Å²) >= 11 is 0. The molecule has 52 valence electrons. The highest BCUT2D eigenvalue weighted by Gasteiger charge is 1.61. The predicted octanol–water partition coefficient (Wildman–Crippen LogP) is -0.126. The van der Waals surface area contributed by atoms with Gasteiger partial charge in [-0.15, -0.1) is 15.3 Å². The van der Waals surface area contributed by atoms with Crippen LogP contribution in [-0.4, -0.2) is 25.6 Å². The van der Waals surface area contributed by atoms with Gasteiger partial charge in [-0.3, -0.25) is 0 Å². The molecule has 0 aliphatic rings. The normalized spacial score (nSPS) is 8.00. The summed E-state index contributed by atoms with van der Waals surface area (Å²) in [5, 5.41) is 13.2. The van der Waals surface area contributed by atoms with E-state index in [4.69, 9.17) is 0 Å². The molecule has 0 aliphatic carbocycles. The van der Waals surface area contributed by atoms with E-state index in [1.165, 1.54) is 25.1 Å². The lowest BCUT2D eigenvalue weighted by molar-refractivity contribution is 0.393. The van der Waals surface area contributed by atoms with Crippen molar-refractivity contribution in [2.75, 3.05) is 0 Å². The SMILES string of the molecule is c1conn1.c1nnc[nH]1. The van der Waals surface area contributed by atoms with E-state index in [0.29, 0.717) is 0 Å². The first kappa shape index (κ1) is 6.40. The molecule has 0 saturated carbocycles. The third kappa shape index (κ3) is 2.55.